The van der Waals surface area contributed by atoms with Crippen molar-refractivity contribution in [1.82, 2.24) is 0 Å². The van der Waals surface area contributed by atoms with Gasteiger partial charge < -0.3 is 0 Å². The van der Waals surface area contributed by atoms with E-state index in [4.69, 9.17) is 11.6 Å². The summed E-state index contributed by atoms with van der Waals surface area (Å²) < 4.78 is 1.46. The molecule has 80 valence electrons. The van der Waals surface area contributed by atoms with E-state index in [0.717, 1.165) is 5.02 Å². The Bertz CT molecular complexity index is 436. The first-order valence-electron chi connectivity index (χ1n) is 4.18. The van der Waals surface area contributed by atoms with Crippen molar-refractivity contribution in [2.75, 3.05) is 6.26 Å². The number of hydrogen-bond acceptors (Lipinski definition) is 2. The van der Waals surface area contributed by atoms with E-state index in [2.05, 4.69) is 45.7 Å². The van der Waals surface area contributed by atoms with Gasteiger partial charge in [-0.05, 0) is 36.7 Å². The van der Waals surface area contributed by atoms with Gasteiger partial charge in [-0.3, -0.25) is 0 Å². The number of benzene rings is 1. The highest BCUT2D eigenvalue weighted by molar-refractivity contribution is 14.2. The van der Waals surface area contributed by atoms with Crippen LogP contribution in [0.3, 0.4) is 0 Å². The Balaban J connectivity index is 2.26. The fourth-order valence-electron chi connectivity index (χ4n) is 1.17. The summed E-state index contributed by atoms with van der Waals surface area (Å²) in [5.41, 5.74) is 1.27. The zero-order valence-electron chi connectivity index (χ0n) is 7.87. The second kappa shape index (κ2) is 5.49. The summed E-state index contributed by atoms with van der Waals surface area (Å²) in [6, 6.07) is 8.05. The van der Waals surface area contributed by atoms with Crippen LogP contribution in [0.4, 0.5) is 0 Å². The van der Waals surface area contributed by atoms with Crippen molar-refractivity contribution in [1.29, 1.82) is 0 Å². The molecule has 0 aromatic heterocycles. The molecule has 2 rings (SSSR count). The molecular weight excluding hydrogens is 379 g/mol. The minimum Gasteiger partial charge on any atom is -0.122 e. The normalized spacial score (nSPS) is 20.6. The molecule has 1 aliphatic heterocycles. The monoisotopic (exact) mass is 386 g/mol. The van der Waals surface area contributed by atoms with Crippen molar-refractivity contribution in [3.8, 4) is 0 Å². The van der Waals surface area contributed by atoms with Gasteiger partial charge in [-0.2, -0.15) is 0 Å². The van der Waals surface area contributed by atoms with Gasteiger partial charge in [0.05, 0.1) is 4.20 Å². The van der Waals surface area contributed by atoms with Crippen LogP contribution >= 0.6 is 62.0 Å². The van der Waals surface area contributed by atoms with E-state index in [1.54, 1.807) is 0 Å². The van der Waals surface area contributed by atoms with Gasteiger partial charge in [0.1, 0.15) is 0 Å². The molecule has 1 aliphatic rings. The van der Waals surface area contributed by atoms with E-state index in [1.807, 2.05) is 34.7 Å². The second-order valence-corrected chi connectivity index (χ2v) is 11.8. The van der Waals surface area contributed by atoms with Crippen LogP contribution in [0.5, 0.6) is 0 Å². The molecule has 1 heterocycles. The molecular formula is C10H8ClIS3. The summed E-state index contributed by atoms with van der Waals surface area (Å²) in [6.45, 7) is 0.294. The molecule has 0 aliphatic carbocycles. The molecule has 0 N–H and O–H groups in total. The number of rotatable bonds is 1. The maximum absolute atomic E-state index is 5.87. The van der Waals surface area contributed by atoms with E-state index in [9.17, 15) is 0 Å². The lowest BCUT2D eigenvalue weighted by Crippen LogP contribution is -1.79. The van der Waals surface area contributed by atoms with Gasteiger partial charge in [-0.15, -0.1) is 11.8 Å². The SMILES string of the molecule is CSC1=S(I)SC(c2ccc(Cl)cc2)=C1. The molecule has 0 saturated carbocycles. The molecule has 0 amide bonds. The average molecular weight is 387 g/mol. The molecule has 1 aromatic carbocycles. The molecule has 0 radical (unpaired) electrons. The Hall–Kier alpha value is 0.900. The van der Waals surface area contributed by atoms with Gasteiger partial charge in [0.2, 0.25) is 0 Å². The summed E-state index contributed by atoms with van der Waals surface area (Å²) in [6.07, 6.45) is 4.42. The molecule has 15 heavy (non-hydrogen) atoms. The van der Waals surface area contributed by atoms with E-state index >= 15 is 0 Å². The van der Waals surface area contributed by atoms with Gasteiger partial charge >= 0.3 is 0 Å². The van der Waals surface area contributed by atoms with E-state index in [0.29, 0.717) is 6.69 Å². The largest absolute Gasteiger partial charge is 0.122 e. The Kier molecular flexibility index (Phi) is 4.52. The highest BCUT2D eigenvalue weighted by atomic mass is 127. The summed E-state index contributed by atoms with van der Waals surface area (Å²) in [7, 11) is 1.93. The Morgan fingerprint density at radius 2 is 2.00 bits per heavy atom. The second-order valence-electron chi connectivity index (χ2n) is 2.85. The first-order chi connectivity index (χ1) is 7.20. The third kappa shape index (κ3) is 2.97. The van der Waals surface area contributed by atoms with Crippen LogP contribution in [0.2, 0.25) is 5.02 Å². The van der Waals surface area contributed by atoms with Crippen LogP contribution in [-0.4, -0.2) is 10.5 Å². The van der Waals surface area contributed by atoms with Gasteiger partial charge in [-0.25, -0.2) is 0 Å². The molecule has 0 saturated heterocycles. The van der Waals surface area contributed by atoms with Crippen molar-refractivity contribution in [2.45, 2.75) is 0 Å². The third-order valence-corrected chi connectivity index (χ3v) is 10.6. The zero-order valence-corrected chi connectivity index (χ0v) is 13.2. The fourth-order valence-corrected chi connectivity index (χ4v) is 9.01. The molecule has 5 heteroatoms. The van der Waals surface area contributed by atoms with Crippen molar-refractivity contribution in [2.24, 2.45) is 0 Å². The van der Waals surface area contributed by atoms with Crippen LogP contribution < -0.4 is 0 Å². The van der Waals surface area contributed by atoms with Crippen LogP contribution in [0.15, 0.2) is 30.3 Å². The summed E-state index contributed by atoms with van der Waals surface area (Å²) in [4.78, 5) is 1.36. The van der Waals surface area contributed by atoms with Crippen LogP contribution in [0.1, 0.15) is 5.56 Å². The van der Waals surface area contributed by atoms with Crippen molar-refractivity contribution in [3.63, 3.8) is 0 Å². The van der Waals surface area contributed by atoms with Crippen molar-refractivity contribution >= 4 is 71.2 Å². The average Bonchev–Trinajstić information content (AvgIpc) is 2.61. The topological polar surface area (TPSA) is 0 Å². The number of hydrogen-bond donors (Lipinski definition) is 0. The third-order valence-electron chi connectivity index (χ3n) is 1.90. The number of halogens is 2. The summed E-state index contributed by atoms with van der Waals surface area (Å²) in [5.74, 6) is 0. The minimum atomic E-state index is 0.294. The smallest absolute Gasteiger partial charge is 0.0516 e. The molecule has 0 fully saturated rings. The van der Waals surface area contributed by atoms with Gasteiger partial charge in [0, 0.05) is 31.1 Å². The Morgan fingerprint density at radius 1 is 1.33 bits per heavy atom. The molecule has 1 atom stereocenters. The molecule has 0 nitrogen and oxygen atoms in total. The Morgan fingerprint density at radius 3 is 2.53 bits per heavy atom. The van der Waals surface area contributed by atoms with Crippen LogP contribution in [0.25, 0.3) is 4.91 Å². The van der Waals surface area contributed by atoms with Gasteiger partial charge in [-0.1, -0.05) is 34.5 Å². The standard InChI is InChI=1S/C10H8ClIS3/c1-13-10-6-9(14-15(10)12)7-2-4-8(11)5-3-7/h2-6H,1H3. The minimum absolute atomic E-state index is 0.294. The molecule has 0 bridgehead atoms. The first-order valence-corrected chi connectivity index (χ1v) is 10.9. The Labute approximate surface area is 117 Å². The fraction of sp³-hybridized carbons (Fsp3) is 0.100. The van der Waals surface area contributed by atoms with Crippen LogP contribution in [-0.2, 0) is 0 Å². The van der Waals surface area contributed by atoms with Crippen molar-refractivity contribution < 1.29 is 0 Å². The predicted molar refractivity (Wildman–Crippen MR) is 87.2 cm³/mol. The lowest BCUT2D eigenvalue weighted by atomic mass is 10.2. The van der Waals surface area contributed by atoms with E-state index in [-0.39, 0.29) is 0 Å². The zero-order chi connectivity index (χ0) is 10.8. The van der Waals surface area contributed by atoms with E-state index in [1.165, 1.54) is 14.7 Å². The van der Waals surface area contributed by atoms with E-state index < -0.39 is 0 Å². The summed E-state index contributed by atoms with van der Waals surface area (Å²) >= 11 is 10.2. The van der Waals surface area contributed by atoms with Gasteiger partial charge in [0.25, 0.3) is 0 Å². The van der Waals surface area contributed by atoms with Gasteiger partial charge in [0.15, 0.2) is 0 Å². The summed E-state index contributed by atoms with van der Waals surface area (Å²) in [5, 5.41) is 0.796. The first kappa shape index (κ1) is 12.4. The lowest BCUT2D eigenvalue weighted by Gasteiger charge is -2.01. The highest BCUT2D eigenvalue weighted by Gasteiger charge is 2.14. The quantitative estimate of drug-likeness (QED) is 0.357. The maximum atomic E-state index is 5.87. The van der Waals surface area contributed by atoms with Crippen LogP contribution in [0, 0.1) is 0 Å². The predicted octanol–water partition coefficient (Wildman–Crippen LogP) is 5.45. The van der Waals surface area contributed by atoms with Crippen molar-refractivity contribution in [3.05, 3.63) is 40.9 Å². The molecule has 0 spiro atoms. The molecule has 1 aromatic rings. The highest BCUT2D eigenvalue weighted by Crippen LogP contribution is 2.54. The molecule has 1 unspecified atom stereocenters. The lowest BCUT2D eigenvalue weighted by molar-refractivity contribution is 1.65. The number of thioether (sulfide) groups is 1. The maximum Gasteiger partial charge on any atom is 0.0516 e.